The minimum atomic E-state index is -5.02. The van der Waals surface area contributed by atoms with Gasteiger partial charge in [0.2, 0.25) is 10.0 Å². The van der Waals surface area contributed by atoms with Gasteiger partial charge in [-0.05, 0) is 53.2 Å². The molecule has 2 N–H and O–H groups in total. The van der Waals surface area contributed by atoms with Gasteiger partial charge in [-0.3, -0.25) is 4.79 Å². The Hall–Kier alpha value is -2.09. The molecule has 1 saturated heterocycles. The smallest absolute Gasteiger partial charge is 0.377 e. The van der Waals surface area contributed by atoms with Crippen molar-refractivity contribution in [2.45, 2.75) is 37.4 Å². The van der Waals surface area contributed by atoms with Crippen molar-refractivity contribution in [2.75, 3.05) is 18.5 Å². The molecule has 1 amide bonds. The van der Waals surface area contributed by atoms with E-state index in [4.69, 9.17) is 4.74 Å². The third kappa shape index (κ3) is 6.08. The van der Waals surface area contributed by atoms with Crippen molar-refractivity contribution in [3.05, 3.63) is 57.6 Å². The number of benzene rings is 2. The van der Waals surface area contributed by atoms with Crippen LogP contribution in [-0.4, -0.2) is 33.1 Å². The summed E-state index contributed by atoms with van der Waals surface area (Å²) >= 11 is 2.90. The molecule has 0 aliphatic carbocycles. The summed E-state index contributed by atoms with van der Waals surface area (Å²) in [6.07, 6.45) is -5.02. The van der Waals surface area contributed by atoms with Crippen LogP contribution < -0.4 is 10.0 Å². The van der Waals surface area contributed by atoms with Gasteiger partial charge >= 0.3 is 6.18 Å². The van der Waals surface area contributed by atoms with Crippen LogP contribution in [0.3, 0.4) is 0 Å². The van der Waals surface area contributed by atoms with E-state index in [2.05, 4.69) is 20.7 Å². The number of sulfonamides is 1. The van der Waals surface area contributed by atoms with E-state index in [0.29, 0.717) is 12.1 Å². The molecule has 1 fully saturated rings. The molecule has 0 spiro atoms. The maximum absolute atomic E-state index is 14.4. The van der Waals surface area contributed by atoms with Gasteiger partial charge in [0, 0.05) is 5.69 Å². The van der Waals surface area contributed by atoms with E-state index in [0.717, 1.165) is 18.2 Å². The molecule has 1 heterocycles. The Labute approximate surface area is 195 Å². The molecule has 0 unspecified atom stereocenters. The predicted molar refractivity (Wildman–Crippen MR) is 114 cm³/mol. The summed E-state index contributed by atoms with van der Waals surface area (Å²) in [7, 11) is -4.21. The van der Waals surface area contributed by atoms with Crippen LogP contribution in [0.1, 0.15) is 36.7 Å². The molecule has 182 valence electrons. The lowest BCUT2D eigenvalue weighted by atomic mass is 10.0. The third-order valence-electron chi connectivity index (χ3n) is 4.32. The zero-order chi connectivity index (χ0) is 25.2. The molecule has 6 nitrogen and oxygen atoms in total. The van der Waals surface area contributed by atoms with Crippen LogP contribution in [0.25, 0.3) is 0 Å². The van der Waals surface area contributed by atoms with Crippen molar-refractivity contribution < 1.29 is 39.9 Å². The first-order valence-corrected chi connectivity index (χ1v) is 11.8. The van der Waals surface area contributed by atoms with Crippen LogP contribution in [0.4, 0.5) is 27.6 Å². The summed E-state index contributed by atoms with van der Waals surface area (Å²) in [6.45, 7) is 5.82. The molecule has 0 atom stereocenters. The van der Waals surface area contributed by atoms with Gasteiger partial charge in [0.15, 0.2) is 0 Å². The number of ether oxygens (including phenoxy) is 1. The topological polar surface area (TPSA) is 84.5 Å². The lowest BCUT2D eigenvalue weighted by Crippen LogP contribution is -2.59. The summed E-state index contributed by atoms with van der Waals surface area (Å²) in [5, 5.41) is 2.02. The number of halogens is 6. The molecule has 13 heteroatoms. The number of carbonyl (C=O) groups excluding carboxylic acids is 1. The maximum atomic E-state index is 14.4. The minimum Gasteiger partial charge on any atom is -0.377 e. The second kappa shape index (κ2) is 10.0. The summed E-state index contributed by atoms with van der Waals surface area (Å²) in [5.74, 6) is -3.91. The van der Waals surface area contributed by atoms with Crippen LogP contribution in [0, 0.1) is 11.6 Å². The molecule has 1 aliphatic heterocycles. The van der Waals surface area contributed by atoms with Crippen molar-refractivity contribution in [3.8, 4) is 0 Å². The number of anilines is 1. The van der Waals surface area contributed by atoms with E-state index < -0.39 is 65.5 Å². The van der Waals surface area contributed by atoms with Crippen molar-refractivity contribution in [1.29, 1.82) is 0 Å². The lowest BCUT2D eigenvalue weighted by molar-refractivity contribution is -0.139. The highest BCUT2D eigenvalue weighted by Crippen LogP contribution is 2.34. The Kier molecular flexibility index (Phi) is 8.26. The maximum Gasteiger partial charge on any atom is 0.419 e. The van der Waals surface area contributed by atoms with Crippen molar-refractivity contribution >= 4 is 37.5 Å². The molecule has 2 aromatic carbocycles. The van der Waals surface area contributed by atoms with Crippen LogP contribution in [-0.2, 0) is 20.9 Å². The fourth-order valence-electron chi connectivity index (χ4n) is 2.81. The number of nitrogens with one attached hydrogen (secondary N) is 2. The van der Waals surface area contributed by atoms with E-state index in [1.807, 2.05) is 19.2 Å². The van der Waals surface area contributed by atoms with Gasteiger partial charge < -0.3 is 10.1 Å². The average Bonchev–Trinajstić information content (AvgIpc) is 2.68. The summed E-state index contributed by atoms with van der Waals surface area (Å²) in [6, 6.07) is 3.36. The van der Waals surface area contributed by atoms with E-state index in [-0.39, 0.29) is 13.2 Å². The zero-order valence-corrected chi connectivity index (χ0v) is 20.0. The van der Waals surface area contributed by atoms with Crippen molar-refractivity contribution in [3.63, 3.8) is 0 Å². The molecule has 33 heavy (non-hydrogen) atoms. The van der Waals surface area contributed by atoms with Crippen LogP contribution >= 0.6 is 15.9 Å². The minimum absolute atomic E-state index is 0.116. The van der Waals surface area contributed by atoms with E-state index in [9.17, 15) is 35.2 Å². The van der Waals surface area contributed by atoms with Crippen LogP contribution in [0.15, 0.2) is 39.7 Å². The van der Waals surface area contributed by atoms with Gasteiger partial charge in [-0.25, -0.2) is 21.9 Å². The standard InChI is InChI=1S/C18H14BrF5N2O4S.C2H6/c1-17(7-30-8-17)26-31(28,29)13-5-4-12(21)14(15(13)19)16(27)25-9-2-3-11(20)10(6-9)18(22,23)24;1-2/h2-6,26H,7-8H2,1H3,(H,25,27);1-2H3. The Balaban J connectivity index is 0.00000187. The molecule has 0 bridgehead atoms. The average molecular weight is 559 g/mol. The van der Waals surface area contributed by atoms with Gasteiger partial charge in [-0.15, -0.1) is 0 Å². The highest BCUT2D eigenvalue weighted by atomic mass is 79.9. The number of rotatable bonds is 5. The van der Waals surface area contributed by atoms with Gasteiger partial charge in [-0.2, -0.15) is 13.2 Å². The fraction of sp³-hybridized carbons (Fsp3) is 0.350. The Morgan fingerprint density at radius 1 is 1.09 bits per heavy atom. The highest BCUT2D eigenvalue weighted by molar-refractivity contribution is 9.10. The summed E-state index contributed by atoms with van der Waals surface area (Å²) in [5.41, 5.74) is -3.72. The number of amides is 1. The van der Waals surface area contributed by atoms with Gasteiger partial charge in [0.1, 0.15) is 11.6 Å². The molecular weight excluding hydrogens is 539 g/mol. The first kappa shape index (κ1) is 27.2. The number of hydrogen-bond acceptors (Lipinski definition) is 4. The lowest BCUT2D eigenvalue weighted by Gasteiger charge is -2.38. The van der Waals surface area contributed by atoms with E-state index >= 15 is 0 Å². The monoisotopic (exact) mass is 558 g/mol. The van der Waals surface area contributed by atoms with Crippen molar-refractivity contribution in [1.82, 2.24) is 4.72 Å². The van der Waals surface area contributed by atoms with Gasteiger partial charge in [-0.1, -0.05) is 13.8 Å². The second-order valence-electron chi connectivity index (χ2n) is 7.04. The SMILES string of the molecule is CC.CC1(NS(=O)(=O)c2ccc(F)c(C(=O)Nc3ccc(F)c(C(F)(F)F)c3)c2Br)COC1. The number of hydrogen-bond donors (Lipinski definition) is 2. The predicted octanol–water partition coefficient (Wildman–Crippen LogP) is 5.09. The van der Waals surface area contributed by atoms with Crippen LogP contribution in [0.5, 0.6) is 0 Å². The third-order valence-corrected chi connectivity index (χ3v) is 7.09. The Bertz CT molecular complexity index is 1150. The molecule has 0 radical (unpaired) electrons. The first-order valence-electron chi connectivity index (χ1n) is 9.51. The Morgan fingerprint density at radius 3 is 2.18 bits per heavy atom. The van der Waals surface area contributed by atoms with Gasteiger partial charge in [0.25, 0.3) is 5.91 Å². The summed E-state index contributed by atoms with van der Waals surface area (Å²) < 4.78 is 98.7. The van der Waals surface area contributed by atoms with E-state index in [1.165, 1.54) is 0 Å². The first-order chi connectivity index (χ1) is 15.2. The quantitative estimate of drug-likeness (QED) is 0.500. The summed E-state index contributed by atoms with van der Waals surface area (Å²) in [4.78, 5) is 12.1. The molecular formula is C20H20BrF5N2O4S. The molecule has 0 saturated carbocycles. The van der Waals surface area contributed by atoms with Gasteiger partial charge in [0.05, 0.1) is 39.2 Å². The highest BCUT2D eigenvalue weighted by Gasteiger charge is 2.39. The van der Waals surface area contributed by atoms with Crippen LogP contribution in [0.2, 0.25) is 0 Å². The molecule has 3 rings (SSSR count). The fourth-order valence-corrected chi connectivity index (χ4v) is 5.41. The normalized spacial score (nSPS) is 15.2. The zero-order valence-electron chi connectivity index (χ0n) is 17.6. The molecule has 1 aliphatic rings. The largest absolute Gasteiger partial charge is 0.419 e. The number of carbonyl (C=O) groups is 1. The van der Waals surface area contributed by atoms with Crippen molar-refractivity contribution in [2.24, 2.45) is 0 Å². The second-order valence-corrected chi connectivity index (χ2v) is 9.48. The molecule has 2 aromatic rings. The number of alkyl halides is 3. The molecule has 0 aromatic heterocycles. The Morgan fingerprint density at radius 2 is 1.67 bits per heavy atom. The van der Waals surface area contributed by atoms with E-state index in [1.54, 1.807) is 6.92 Å².